The van der Waals surface area contributed by atoms with Crippen molar-refractivity contribution in [2.45, 2.75) is 6.04 Å². The van der Waals surface area contributed by atoms with E-state index in [1.165, 1.54) is 53.0 Å². The molecule has 4 N–H and O–H groups in total. The number of aliphatic imine (C=N–C) groups is 1. The van der Waals surface area contributed by atoms with Crippen molar-refractivity contribution in [3.8, 4) is 45.2 Å². The number of thioether (sulfide) groups is 1. The van der Waals surface area contributed by atoms with Crippen molar-refractivity contribution in [1.29, 1.82) is 0 Å². The van der Waals surface area contributed by atoms with Crippen LogP contribution in [-0.2, 0) is 0 Å². The molecule has 5 aromatic rings. The molecule has 17 heteroatoms. The molecule has 2 aromatic heterocycles. The molecule has 0 bridgehead atoms. The van der Waals surface area contributed by atoms with Crippen LogP contribution in [0.3, 0.4) is 0 Å². The van der Waals surface area contributed by atoms with Gasteiger partial charge in [-0.15, -0.1) is 0 Å². The van der Waals surface area contributed by atoms with E-state index in [2.05, 4.69) is 15.5 Å². The Morgan fingerprint density at radius 2 is 1.67 bits per heavy atom. The highest BCUT2D eigenvalue weighted by molar-refractivity contribution is 8.14. The minimum absolute atomic E-state index is 0.00342. The number of rotatable bonds is 8. The second-order valence-electron chi connectivity index (χ2n) is 9.79. The van der Waals surface area contributed by atoms with Gasteiger partial charge in [-0.1, -0.05) is 54.2 Å². The van der Waals surface area contributed by atoms with Crippen LogP contribution in [0.1, 0.15) is 0 Å². The number of nitro benzene ring substituents is 2. The molecule has 6 rings (SSSR count). The number of hydrazone groups is 1. The Morgan fingerprint density at radius 3 is 2.35 bits per heavy atom. The van der Waals surface area contributed by atoms with Crippen LogP contribution < -0.4 is 11.2 Å². The lowest BCUT2D eigenvalue weighted by atomic mass is 10.0. The molecule has 1 atom stereocenters. The van der Waals surface area contributed by atoms with E-state index < -0.39 is 15.9 Å². The van der Waals surface area contributed by atoms with Gasteiger partial charge in [-0.2, -0.15) is 15.3 Å². The van der Waals surface area contributed by atoms with Gasteiger partial charge < -0.3 is 10.8 Å². The Morgan fingerprint density at radius 1 is 1.00 bits per heavy atom. The highest BCUT2D eigenvalue weighted by Crippen LogP contribution is 2.43. The summed E-state index contributed by atoms with van der Waals surface area (Å²) in [4.78, 5) is 26.9. The number of non-ortho nitro benzene ring substituents is 2. The Hall–Kier alpha value is -5.94. The number of aromatic nitrogens is 4. The van der Waals surface area contributed by atoms with E-state index in [9.17, 15) is 25.3 Å². The first-order chi connectivity index (χ1) is 22.2. The first-order valence-corrected chi connectivity index (χ1v) is 14.9. The summed E-state index contributed by atoms with van der Waals surface area (Å²) in [6, 6.07) is 20.6. The van der Waals surface area contributed by atoms with Crippen LogP contribution in [0.15, 0.2) is 95.2 Å². The largest absolute Gasteiger partial charge is 0.504 e. The fourth-order valence-corrected chi connectivity index (χ4v) is 5.75. The summed E-state index contributed by atoms with van der Waals surface area (Å²) in [6.45, 7) is 0. The summed E-state index contributed by atoms with van der Waals surface area (Å²) >= 11 is 6.11. The van der Waals surface area contributed by atoms with Crippen molar-refractivity contribution in [2.75, 3.05) is 5.75 Å². The van der Waals surface area contributed by atoms with E-state index in [-0.39, 0.29) is 33.6 Å². The summed E-state index contributed by atoms with van der Waals surface area (Å²) in [5.41, 5.74) is 9.93. The van der Waals surface area contributed by atoms with Gasteiger partial charge in [0.1, 0.15) is 17.1 Å². The molecule has 46 heavy (non-hydrogen) atoms. The number of thiocarbonyl (C=S) groups is 1. The molecule has 0 radical (unpaired) electrons. The number of hydrogen-bond donors (Lipinski definition) is 3. The van der Waals surface area contributed by atoms with Gasteiger partial charge in [0, 0.05) is 47.3 Å². The van der Waals surface area contributed by atoms with Crippen molar-refractivity contribution in [1.82, 2.24) is 25.0 Å². The zero-order chi connectivity index (χ0) is 32.4. The first kappa shape index (κ1) is 30.1. The molecule has 0 aliphatic carbocycles. The molecule has 0 spiro atoms. The number of benzene rings is 3. The van der Waals surface area contributed by atoms with Crippen LogP contribution >= 0.6 is 24.0 Å². The molecule has 15 nitrogen and oxygen atoms in total. The predicted octanol–water partition coefficient (Wildman–Crippen LogP) is 4.73. The number of nitro groups is 2. The van der Waals surface area contributed by atoms with E-state index in [0.29, 0.717) is 39.0 Å². The monoisotopic (exact) mass is 654 g/mol. The fraction of sp³-hybridized carbons (Fsp3) is 0.0690. The van der Waals surface area contributed by atoms with Crippen molar-refractivity contribution < 1.29 is 15.0 Å². The molecule has 0 fully saturated rings. The average Bonchev–Trinajstić information content (AvgIpc) is 3.79. The topological polar surface area (TPSA) is 205 Å². The van der Waals surface area contributed by atoms with Gasteiger partial charge in [-0.25, -0.2) is 9.36 Å². The zero-order valence-electron chi connectivity index (χ0n) is 23.5. The number of para-hydroxylation sites is 1. The molecular formula is C29H22N10O5S2. The van der Waals surface area contributed by atoms with Crippen LogP contribution in [-0.4, -0.2) is 62.8 Å². The van der Waals surface area contributed by atoms with Gasteiger partial charge in [0.05, 0.1) is 33.4 Å². The number of nitrogens with zero attached hydrogens (tertiary/aromatic N) is 8. The minimum atomic E-state index is -0.532. The van der Waals surface area contributed by atoms with Crippen molar-refractivity contribution in [3.63, 3.8) is 0 Å². The lowest BCUT2D eigenvalue weighted by Crippen LogP contribution is -2.25. The van der Waals surface area contributed by atoms with Crippen LogP contribution in [0.4, 0.5) is 11.4 Å². The van der Waals surface area contributed by atoms with Gasteiger partial charge in [-0.05, 0) is 24.4 Å². The van der Waals surface area contributed by atoms with Crippen LogP contribution in [0, 0.1) is 20.2 Å². The molecule has 230 valence electrons. The summed E-state index contributed by atoms with van der Waals surface area (Å²) in [6.07, 6.45) is 3.19. The smallest absolute Gasteiger partial charge is 0.270 e. The van der Waals surface area contributed by atoms with Crippen LogP contribution in [0.5, 0.6) is 5.75 Å². The maximum Gasteiger partial charge on any atom is 0.270 e. The van der Waals surface area contributed by atoms with Crippen LogP contribution in [0.2, 0.25) is 0 Å². The summed E-state index contributed by atoms with van der Waals surface area (Å²) in [5.74, 6) is 0.183. The SMILES string of the molecule is NC(=S)N/N=C/C1CSC(n2nc(-c3cn(-c4ccccc4)nc3-c3cccc([N+](=O)[O-])c3)c(O)c2-c2cccc([N+](=O)[O-])c2)=N1. The summed E-state index contributed by atoms with van der Waals surface area (Å²) in [7, 11) is 0. The Kier molecular flexibility index (Phi) is 8.23. The number of nitrogens with one attached hydrogen (secondary N) is 1. The van der Waals surface area contributed by atoms with Gasteiger partial charge in [0.25, 0.3) is 11.4 Å². The first-order valence-electron chi connectivity index (χ1n) is 13.5. The van der Waals surface area contributed by atoms with E-state index in [4.69, 9.17) is 28.1 Å². The third-order valence-corrected chi connectivity index (χ3v) is 7.91. The lowest BCUT2D eigenvalue weighted by Gasteiger charge is -2.06. The van der Waals surface area contributed by atoms with Gasteiger partial charge >= 0.3 is 0 Å². The second kappa shape index (κ2) is 12.6. The van der Waals surface area contributed by atoms with E-state index in [1.54, 1.807) is 29.1 Å². The highest BCUT2D eigenvalue weighted by Gasteiger charge is 2.30. The summed E-state index contributed by atoms with van der Waals surface area (Å²) < 4.78 is 3.00. The van der Waals surface area contributed by atoms with Crippen molar-refractivity contribution >= 4 is 51.8 Å². The second-order valence-corrected chi connectivity index (χ2v) is 11.2. The van der Waals surface area contributed by atoms with E-state index >= 15 is 0 Å². The molecule has 1 aliphatic rings. The molecule has 0 amide bonds. The standard InChI is InChI=1S/C29H22N10O5S2/c30-28(45)33-31-14-19-16-46-29(32-19)37-26(18-7-5-11-22(13-18)39(43)44)27(40)25(35-37)23-15-36(20-8-2-1-3-9-20)34-24(23)17-6-4-10-21(12-17)38(41)42/h1-15,19,40H,16H2,(H3,30,33,45)/b31-14+. The van der Waals surface area contributed by atoms with Crippen molar-refractivity contribution in [3.05, 3.63) is 105 Å². The minimum Gasteiger partial charge on any atom is -0.504 e. The summed E-state index contributed by atoms with van der Waals surface area (Å²) in [5, 5.41) is 49.0. The number of hydrogen-bond acceptors (Lipinski definition) is 11. The molecular weight excluding hydrogens is 633 g/mol. The maximum absolute atomic E-state index is 11.8. The fourth-order valence-electron chi connectivity index (χ4n) is 4.75. The van der Waals surface area contributed by atoms with E-state index in [0.717, 1.165) is 0 Å². The zero-order valence-corrected chi connectivity index (χ0v) is 25.1. The van der Waals surface area contributed by atoms with Gasteiger partial charge in [0.15, 0.2) is 16.0 Å². The molecule has 3 aromatic carbocycles. The molecule has 0 saturated carbocycles. The quantitative estimate of drug-likeness (QED) is 0.0902. The molecule has 1 aliphatic heterocycles. The third kappa shape index (κ3) is 6.04. The molecule has 3 heterocycles. The lowest BCUT2D eigenvalue weighted by molar-refractivity contribution is -0.385. The number of aromatic hydroxyl groups is 1. The van der Waals surface area contributed by atoms with Crippen LogP contribution in [0.25, 0.3) is 39.5 Å². The Labute approximate surface area is 269 Å². The van der Waals surface area contributed by atoms with E-state index in [1.807, 2.05) is 30.3 Å². The number of nitrogens with two attached hydrogens (primary N) is 1. The Balaban J connectivity index is 1.56. The van der Waals surface area contributed by atoms with Gasteiger partial charge in [0.2, 0.25) is 0 Å². The third-order valence-electron chi connectivity index (χ3n) is 6.77. The normalized spacial score (nSPS) is 14.3. The molecule has 0 saturated heterocycles. The highest BCUT2D eigenvalue weighted by atomic mass is 32.2. The van der Waals surface area contributed by atoms with Gasteiger partial charge in [-0.3, -0.25) is 30.6 Å². The maximum atomic E-state index is 11.8. The average molecular weight is 655 g/mol. The van der Waals surface area contributed by atoms with Crippen molar-refractivity contribution in [2.24, 2.45) is 15.8 Å². The Bertz CT molecular complexity index is 2060. The molecule has 1 unspecified atom stereocenters. The predicted molar refractivity (Wildman–Crippen MR) is 178 cm³/mol.